The zero-order valence-corrected chi connectivity index (χ0v) is 16.1. The summed E-state index contributed by atoms with van der Waals surface area (Å²) >= 11 is 0. The molecule has 0 radical (unpaired) electrons. The number of rotatable bonds is 6. The van der Waals surface area contributed by atoms with Crippen LogP contribution in [0.25, 0.3) is 0 Å². The number of hydrogen-bond donors (Lipinski definition) is 1. The highest BCUT2D eigenvalue weighted by Gasteiger charge is 2.53. The lowest BCUT2D eigenvalue weighted by atomic mass is 9.48. The molecule has 1 aromatic carbocycles. The van der Waals surface area contributed by atoms with Crippen LogP contribution < -0.4 is 5.32 Å². The molecule has 4 aliphatic rings. The average Bonchev–Trinajstić information content (AvgIpc) is 2.65. The molecule has 7 nitrogen and oxygen atoms in total. The Morgan fingerprint density at radius 1 is 1.14 bits per heavy atom. The van der Waals surface area contributed by atoms with Gasteiger partial charge in [-0.05, 0) is 80.8 Å². The van der Waals surface area contributed by atoms with E-state index in [2.05, 4.69) is 12.2 Å². The fourth-order valence-electron chi connectivity index (χ4n) is 6.08. The number of nitro benzene ring substituents is 1. The summed E-state index contributed by atoms with van der Waals surface area (Å²) in [6, 6.07) is 5.22. The van der Waals surface area contributed by atoms with Gasteiger partial charge in [-0.15, -0.1) is 0 Å². The van der Waals surface area contributed by atoms with Crippen LogP contribution in [0.3, 0.4) is 0 Å². The van der Waals surface area contributed by atoms with E-state index in [-0.39, 0.29) is 35.2 Å². The third-order valence-corrected chi connectivity index (χ3v) is 7.03. The Bertz CT molecular complexity index is 753. The zero-order valence-electron chi connectivity index (χ0n) is 16.1. The number of carbonyl (C=O) groups excluding carboxylic acids is 2. The van der Waals surface area contributed by atoms with Crippen LogP contribution in [0.1, 0.15) is 55.8 Å². The molecule has 0 aromatic heterocycles. The fourth-order valence-corrected chi connectivity index (χ4v) is 6.08. The Labute approximate surface area is 164 Å². The van der Waals surface area contributed by atoms with Gasteiger partial charge in [0.1, 0.15) is 0 Å². The molecule has 7 heteroatoms. The predicted molar refractivity (Wildman–Crippen MR) is 102 cm³/mol. The number of esters is 1. The summed E-state index contributed by atoms with van der Waals surface area (Å²) in [5, 5.41) is 13.7. The molecule has 150 valence electrons. The second-order valence-electron chi connectivity index (χ2n) is 8.95. The maximum Gasteiger partial charge on any atom is 0.338 e. The number of carbonyl (C=O) groups is 2. The minimum atomic E-state index is -0.660. The van der Waals surface area contributed by atoms with Crippen molar-refractivity contribution in [1.29, 1.82) is 0 Å². The second kappa shape index (κ2) is 7.18. The molecule has 1 aromatic rings. The molecular formula is C21H26N2O5. The van der Waals surface area contributed by atoms with E-state index in [1.807, 2.05) is 0 Å². The van der Waals surface area contributed by atoms with Crippen molar-refractivity contribution in [2.45, 2.75) is 51.5 Å². The summed E-state index contributed by atoms with van der Waals surface area (Å²) in [6.07, 6.45) is 7.65. The Kier molecular flexibility index (Phi) is 4.85. The van der Waals surface area contributed by atoms with E-state index in [1.165, 1.54) is 62.8 Å². The van der Waals surface area contributed by atoms with Crippen molar-refractivity contribution < 1.29 is 19.2 Å². The lowest BCUT2D eigenvalue weighted by molar-refractivity contribution is -0.384. The predicted octanol–water partition coefficient (Wildman–Crippen LogP) is 3.47. The summed E-state index contributed by atoms with van der Waals surface area (Å²) in [4.78, 5) is 34.5. The number of benzene rings is 1. The fraction of sp³-hybridized carbons (Fsp3) is 0.619. The summed E-state index contributed by atoms with van der Waals surface area (Å²) in [5.74, 6) is 1.48. The lowest BCUT2D eigenvalue weighted by Crippen LogP contribution is -2.56. The molecule has 4 aliphatic carbocycles. The van der Waals surface area contributed by atoms with Crippen LogP contribution in [0, 0.1) is 33.3 Å². The monoisotopic (exact) mass is 386 g/mol. The van der Waals surface area contributed by atoms with Crippen LogP contribution in [0.4, 0.5) is 5.69 Å². The Balaban J connectivity index is 1.29. The van der Waals surface area contributed by atoms with E-state index in [1.54, 1.807) is 0 Å². The number of hydrogen-bond acceptors (Lipinski definition) is 5. The highest BCUT2D eigenvalue weighted by molar-refractivity contribution is 5.91. The van der Waals surface area contributed by atoms with E-state index in [0.29, 0.717) is 0 Å². The van der Waals surface area contributed by atoms with Crippen LogP contribution in [0.2, 0.25) is 0 Å². The summed E-state index contributed by atoms with van der Waals surface area (Å²) in [6.45, 7) is 1.75. The van der Waals surface area contributed by atoms with Crippen molar-refractivity contribution in [3.8, 4) is 0 Å². The van der Waals surface area contributed by atoms with Gasteiger partial charge < -0.3 is 10.1 Å². The van der Waals surface area contributed by atoms with E-state index in [4.69, 9.17) is 4.74 Å². The SMILES string of the molecule is C[C@H](NC(=O)COC(=O)c1ccc([N+](=O)[O-])cc1)C12CC3CC(CC(C3)C1)C2. The van der Waals surface area contributed by atoms with Gasteiger partial charge in [0.25, 0.3) is 11.6 Å². The third kappa shape index (κ3) is 3.62. The molecule has 4 fully saturated rings. The van der Waals surface area contributed by atoms with Gasteiger partial charge in [-0.3, -0.25) is 14.9 Å². The van der Waals surface area contributed by atoms with E-state index in [9.17, 15) is 19.7 Å². The zero-order chi connectivity index (χ0) is 19.9. The minimum Gasteiger partial charge on any atom is -0.452 e. The molecule has 1 N–H and O–H groups in total. The Morgan fingerprint density at radius 2 is 1.68 bits per heavy atom. The molecule has 1 amide bonds. The van der Waals surface area contributed by atoms with Crippen LogP contribution in [-0.2, 0) is 9.53 Å². The molecule has 0 unspecified atom stereocenters. The average molecular weight is 386 g/mol. The number of non-ortho nitro benzene ring substituents is 1. The van der Waals surface area contributed by atoms with Gasteiger partial charge in [0, 0.05) is 18.2 Å². The highest BCUT2D eigenvalue weighted by atomic mass is 16.6. The normalized spacial score (nSPS) is 31.2. The van der Waals surface area contributed by atoms with Crippen molar-refractivity contribution in [2.75, 3.05) is 6.61 Å². The Hall–Kier alpha value is -2.44. The second-order valence-corrected chi connectivity index (χ2v) is 8.95. The van der Waals surface area contributed by atoms with Gasteiger partial charge in [-0.2, -0.15) is 0 Å². The minimum absolute atomic E-state index is 0.0754. The maximum atomic E-state index is 12.3. The van der Waals surface area contributed by atoms with Crippen molar-refractivity contribution in [2.24, 2.45) is 23.2 Å². The smallest absolute Gasteiger partial charge is 0.338 e. The Morgan fingerprint density at radius 3 is 2.18 bits per heavy atom. The van der Waals surface area contributed by atoms with Crippen molar-refractivity contribution in [3.05, 3.63) is 39.9 Å². The van der Waals surface area contributed by atoms with Crippen LogP contribution in [0.5, 0.6) is 0 Å². The van der Waals surface area contributed by atoms with Crippen LogP contribution >= 0.6 is 0 Å². The quantitative estimate of drug-likeness (QED) is 0.458. The number of ether oxygens (including phenoxy) is 1. The number of nitrogens with one attached hydrogen (secondary N) is 1. The molecule has 4 saturated carbocycles. The van der Waals surface area contributed by atoms with Gasteiger partial charge >= 0.3 is 5.97 Å². The number of nitrogens with zero attached hydrogens (tertiary/aromatic N) is 1. The molecule has 0 saturated heterocycles. The van der Waals surface area contributed by atoms with E-state index < -0.39 is 10.9 Å². The van der Waals surface area contributed by atoms with E-state index in [0.717, 1.165) is 17.8 Å². The van der Waals surface area contributed by atoms with E-state index >= 15 is 0 Å². The number of nitro groups is 1. The summed E-state index contributed by atoms with van der Waals surface area (Å²) in [7, 11) is 0. The third-order valence-electron chi connectivity index (χ3n) is 7.03. The molecule has 5 rings (SSSR count). The molecule has 4 bridgehead atoms. The largest absolute Gasteiger partial charge is 0.452 e. The standard InChI is InChI=1S/C21H26N2O5/c1-13(21-9-14-6-15(10-21)8-16(7-14)11-21)22-19(24)12-28-20(25)17-2-4-18(5-3-17)23(26)27/h2-5,13-16H,6-12H2,1H3,(H,22,24)/t13-,14?,15?,16?,21?/m0/s1. The lowest BCUT2D eigenvalue weighted by Gasteiger charge is -2.59. The van der Waals surface area contributed by atoms with Crippen LogP contribution in [0.15, 0.2) is 24.3 Å². The van der Waals surface area contributed by atoms with Crippen LogP contribution in [-0.4, -0.2) is 29.4 Å². The first kappa shape index (κ1) is 18.9. The van der Waals surface area contributed by atoms with Gasteiger partial charge in [-0.25, -0.2) is 4.79 Å². The molecule has 0 aliphatic heterocycles. The maximum absolute atomic E-state index is 12.3. The van der Waals surface area contributed by atoms with Gasteiger partial charge in [0.05, 0.1) is 10.5 Å². The molecular weight excluding hydrogens is 360 g/mol. The topological polar surface area (TPSA) is 98.5 Å². The van der Waals surface area contributed by atoms with Crippen molar-refractivity contribution in [3.63, 3.8) is 0 Å². The summed E-state index contributed by atoms with van der Waals surface area (Å²) in [5.41, 5.74) is 0.290. The summed E-state index contributed by atoms with van der Waals surface area (Å²) < 4.78 is 5.09. The first-order valence-corrected chi connectivity index (χ1v) is 10.1. The van der Waals surface area contributed by atoms with Crippen molar-refractivity contribution >= 4 is 17.6 Å². The molecule has 28 heavy (non-hydrogen) atoms. The number of amides is 1. The van der Waals surface area contributed by atoms with Gasteiger partial charge in [-0.1, -0.05) is 0 Å². The van der Waals surface area contributed by atoms with Crippen molar-refractivity contribution in [1.82, 2.24) is 5.32 Å². The first-order chi connectivity index (χ1) is 13.3. The van der Waals surface area contributed by atoms with Gasteiger partial charge in [0.2, 0.25) is 0 Å². The first-order valence-electron chi connectivity index (χ1n) is 10.1. The molecule has 1 atom stereocenters. The molecule has 0 spiro atoms. The molecule has 0 heterocycles. The van der Waals surface area contributed by atoms with Gasteiger partial charge in [0.15, 0.2) is 6.61 Å². The highest BCUT2D eigenvalue weighted by Crippen LogP contribution is 2.61.